The Morgan fingerprint density at radius 3 is 1.38 bits per heavy atom. The predicted octanol–water partition coefficient (Wildman–Crippen LogP) is 4.75. The van der Waals surface area contributed by atoms with Crippen LogP contribution in [0.4, 0.5) is 0 Å². The summed E-state index contributed by atoms with van der Waals surface area (Å²) >= 11 is 0. The highest BCUT2D eigenvalue weighted by Crippen LogP contribution is 2.19. The first kappa shape index (κ1) is 19.7. The summed E-state index contributed by atoms with van der Waals surface area (Å²) in [4.78, 5) is 23.8. The quantitative estimate of drug-likeness (QED) is 0.610. The van der Waals surface area contributed by atoms with Gasteiger partial charge in [-0.3, -0.25) is 0 Å². The number of hydrogen-bond acceptors (Lipinski definition) is 4. The molecule has 2 aromatic carbocycles. The highest BCUT2D eigenvalue weighted by atomic mass is 16.5. The summed E-state index contributed by atoms with van der Waals surface area (Å²) in [5, 5.41) is 0. The van der Waals surface area contributed by atoms with Crippen molar-refractivity contribution in [1.82, 2.24) is 0 Å². The van der Waals surface area contributed by atoms with Gasteiger partial charge in [-0.05, 0) is 48.9 Å². The molecule has 0 aromatic heterocycles. The van der Waals surface area contributed by atoms with Crippen LogP contribution in [0.1, 0.15) is 47.4 Å². The summed E-state index contributed by atoms with van der Waals surface area (Å²) in [6.45, 7) is 5.03. The van der Waals surface area contributed by atoms with Crippen LogP contribution in [0.25, 0.3) is 0 Å². The minimum absolute atomic E-state index is 0.290. The minimum Gasteiger partial charge on any atom is -0.462 e. The molecule has 2 aromatic rings. The molecular formula is C22H26O4. The average Bonchev–Trinajstić information content (AvgIpc) is 2.68. The van der Waals surface area contributed by atoms with E-state index in [2.05, 4.69) is 13.8 Å². The fourth-order valence-electron chi connectivity index (χ4n) is 2.56. The van der Waals surface area contributed by atoms with E-state index in [1.54, 1.807) is 24.3 Å². The van der Waals surface area contributed by atoms with E-state index in [1.165, 1.54) is 0 Å². The van der Waals surface area contributed by atoms with E-state index in [0.717, 1.165) is 12.8 Å². The van der Waals surface area contributed by atoms with Gasteiger partial charge in [-0.25, -0.2) is 9.59 Å². The molecule has 0 bridgehead atoms. The third-order valence-corrected chi connectivity index (χ3v) is 4.60. The third-order valence-electron chi connectivity index (χ3n) is 4.60. The number of carbonyl (C=O) groups is 2. The van der Waals surface area contributed by atoms with Crippen LogP contribution in [0.15, 0.2) is 60.7 Å². The van der Waals surface area contributed by atoms with E-state index in [9.17, 15) is 9.59 Å². The topological polar surface area (TPSA) is 52.6 Å². The van der Waals surface area contributed by atoms with Gasteiger partial charge in [0.25, 0.3) is 0 Å². The van der Waals surface area contributed by atoms with Gasteiger partial charge in [-0.2, -0.15) is 0 Å². The number of hydrogen-bond donors (Lipinski definition) is 0. The number of rotatable bonds is 9. The van der Waals surface area contributed by atoms with Gasteiger partial charge in [0.2, 0.25) is 0 Å². The number of esters is 2. The molecule has 0 aliphatic heterocycles. The largest absolute Gasteiger partial charge is 0.462 e. The molecule has 0 aliphatic rings. The Kier molecular flexibility index (Phi) is 7.87. The summed E-state index contributed by atoms with van der Waals surface area (Å²) in [5.41, 5.74) is 1.14. The first-order chi connectivity index (χ1) is 12.6. The van der Waals surface area contributed by atoms with Gasteiger partial charge >= 0.3 is 11.9 Å². The van der Waals surface area contributed by atoms with E-state index >= 15 is 0 Å². The molecule has 4 nitrogen and oxygen atoms in total. The van der Waals surface area contributed by atoms with Crippen molar-refractivity contribution in [3.63, 3.8) is 0 Å². The second-order valence-corrected chi connectivity index (χ2v) is 6.54. The standard InChI is InChI=1S/C22H26O4/c1-17(13-15-25-21(23)19-9-5-3-6-10-19)18(2)14-16-26-22(24)20-11-7-4-8-12-20/h3-12,17-18H,13-16H2,1-2H3. The maximum atomic E-state index is 11.9. The van der Waals surface area contributed by atoms with Crippen LogP contribution in [0.5, 0.6) is 0 Å². The van der Waals surface area contributed by atoms with Crippen LogP contribution in [0, 0.1) is 11.8 Å². The maximum absolute atomic E-state index is 11.9. The van der Waals surface area contributed by atoms with Crippen molar-refractivity contribution in [3.05, 3.63) is 71.8 Å². The van der Waals surface area contributed by atoms with Crippen molar-refractivity contribution in [2.24, 2.45) is 11.8 Å². The summed E-state index contributed by atoms with van der Waals surface area (Å²) < 4.78 is 10.7. The smallest absolute Gasteiger partial charge is 0.338 e. The molecule has 26 heavy (non-hydrogen) atoms. The lowest BCUT2D eigenvalue weighted by atomic mass is 9.91. The molecule has 0 heterocycles. The van der Waals surface area contributed by atoms with Gasteiger partial charge in [0.1, 0.15) is 0 Å². The molecule has 2 rings (SSSR count). The van der Waals surface area contributed by atoms with E-state index in [1.807, 2.05) is 36.4 Å². The fraction of sp³-hybridized carbons (Fsp3) is 0.364. The van der Waals surface area contributed by atoms with Crippen LogP contribution in [0.3, 0.4) is 0 Å². The van der Waals surface area contributed by atoms with Gasteiger partial charge in [-0.15, -0.1) is 0 Å². The molecule has 0 radical (unpaired) electrons. The van der Waals surface area contributed by atoms with E-state index in [-0.39, 0.29) is 11.9 Å². The predicted molar refractivity (Wildman–Crippen MR) is 101 cm³/mol. The molecule has 0 N–H and O–H groups in total. The van der Waals surface area contributed by atoms with Gasteiger partial charge < -0.3 is 9.47 Å². The van der Waals surface area contributed by atoms with Crippen LogP contribution < -0.4 is 0 Å². The minimum atomic E-state index is -0.290. The Morgan fingerprint density at radius 1 is 0.692 bits per heavy atom. The maximum Gasteiger partial charge on any atom is 0.338 e. The fourth-order valence-corrected chi connectivity index (χ4v) is 2.56. The van der Waals surface area contributed by atoms with Gasteiger partial charge in [0.15, 0.2) is 0 Å². The SMILES string of the molecule is CC(CCOC(=O)c1ccccc1)C(C)CCOC(=O)c1ccccc1. The second kappa shape index (κ2) is 10.4. The Balaban J connectivity index is 1.63. The van der Waals surface area contributed by atoms with E-state index in [0.29, 0.717) is 36.2 Å². The zero-order valence-corrected chi connectivity index (χ0v) is 15.4. The molecule has 0 spiro atoms. The molecule has 2 atom stereocenters. The summed E-state index contributed by atoms with van der Waals surface area (Å²) in [5.74, 6) is 0.160. The van der Waals surface area contributed by atoms with Crippen LogP contribution in [-0.2, 0) is 9.47 Å². The molecule has 0 aliphatic carbocycles. The molecular weight excluding hydrogens is 328 g/mol. The first-order valence-corrected chi connectivity index (χ1v) is 9.02. The van der Waals surface area contributed by atoms with Gasteiger partial charge in [-0.1, -0.05) is 50.2 Å². The lowest BCUT2D eigenvalue weighted by Crippen LogP contribution is -2.16. The highest BCUT2D eigenvalue weighted by molar-refractivity contribution is 5.89. The Morgan fingerprint density at radius 2 is 1.04 bits per heavy atom. The van der Waals surface area contributed by atoms with Crippen LogP contribution >= 0.6 is 0 Å². The van der Waals surface area contributed by atoms with Crippen molar-refractivity contribution >= 4 is 11.9 Å². The van der Waals surface area contributed by atoms with Crippen LogP contribution in [-0.4, -0.2) is 25.2 Å². The van der Waals surface area contributed by atoms with Crippen molar-refractivity contribution in [2.75, 3.05) is 13.2 Å². The van der Waals surface area contributed by atoms with Crippen LogP contribution in [0.2, 0.25) is 0 Å². The zero-order valence-electron chi connectivity index (χ0n) is 15.4. The molecule has 138 valence electrons. The van der Waals surface area contributed by atoms with Crippen molar-refractivity contribution in [3.8, 4) is 0 Å². The summed E-state index contributed by atoms with van der Waals surface area (Å²) in [6, 6.07) is 18.0. The summed E-state index contributed by atoms with van der Waals surface area (Å²) in [6.07, 6.45) is 1.57. The molecule has 0 amide bonds. The second-order valence-electron chi connectivity index (χ2n) is 6.54. The number of carbonyl (C=O) groups excluding carboxylic acids is 2. The zero-order chi connectivity index (χ0) is 18.8. The molecule has 2 unspecified atom stereocenters. The van der Waals surface area contributed by atoms with Crippen molar-refractivity contribution in [2.45, 2.75) is 26.7 Å². The molecule has 4 heteroatoms. The molecule has 0 saturated carbocycles. The monoisotopic (exact) mass is 354 g/mol. The van der Waals surface area contributed by atoms with E-state index < -0.39 is 0 Å². The lowest BCUT2D eigenvalue weighted by molar-refractivity contribution is 0.0429. The molecule has 0 saturated heterocycles. The average molecular weight is 354 g/mol. The lowest BCUT2D eigenvalue weighted by Gasteiger charge is -2.19. The Labute approximate surface area is 155 Å². The third kappa shape index (κ3) is 6.36. The van der Waals surface area contributed by atoms with E-state index in [4.69, 9.17) is 9.47 Å². The van der Waals surface area contributed by atoms with Gasteiger partial charge in [0, 0.05) is 0 Å². The van der Waals surface area contributed by atoms with Crippen molar-refractivity contribution in [1.29, 1.82) is 0 Å². The number of benzene rings is 2. The Hall–Kier alpha value is -2.62. The van der Waals surface area contributed by atoms with Gasteiger partial charge in [0.05, 0.1) is 24.3 Å². The highest BCUT2D eigenvalue weighted by Gasteiger charge is 2.15. The normalized spacial score (nSPS) is 12.8. The molecule has 0 fully saturated rings. The number of ether oxygens (including phenoxy) is 2. The van der Waals surface area contributed by atoms with Crippen molar-refractivity contribution < 1.29 is 19.1 Å². The summed E-state index contributed by atoms with van der Waals surface area (Å²) in [7, 11) is 0. The first-order valence-electron chi connectivity index (χ1n) is 9.02. The Bertz CT molecular complexity index is 620.